The number of rotatable bonds is 4. The molecule has 0 bridgehead atoms. The number of benzene rings is 2. The van der Waals surface area contributed by atoms with Crippen LogP contribution in [0.15, 0.2) is 54.6 Å². The lowest BCUT2D eigenvalue weighted by Gasteiger charge is -2.34. The second-order valence-electron chi connectivity index (χ2n) is 6.38. The highest BCUT2D eigenvalue weighted by Crippen LogP contribution is 2.23. The van der Waals surface area contributed by atoms with E-state index in [0.717, 1.165) is 25.2 Å². The minimum atomic E-state index is -0.0827. The van der Waals surface area contributed by atoms with Crippen LogP contribution in [0, 0.1) is 6.92 Å². The Bertz CT molecular complexity index is 748. The zero-order chi connectivity index (χ0) is 17.6. The maximum absolute atomic E-state index is 12.6. The van der Waals surface area contributed by atoms with Crippen LogP contribution in [-0.2, 0) is 0 Å². The Hall–Kier alpha value is -2.59. The van der Waals surface area contributed by atoms with Crippen LogP contribution in [0.1, 0.15) is 21.5 Å². The summed E-state index contributed by atoms with van der Waals surface area (Å²) in [5.41, 5.74) is 2.33. The maximum Gasteiger partial charge on any atom is 0.257 e. The fourth-order valence-electron chi connectivity index (χ4n) is 3.04. The van der Waals surface area contributed by atoms with Crippen LogP contribution >= 0.6 is 0 Å². The van der Waals surface area contributed by atoms with E-state index in [1.165, 1.54) is 5.56 Å². The van der Waals surface area contributed by atoms with Gasteiger partial charge in [0.1, 0.15) is 5.75 Å². The molecule has 0 aliphatic carbocycles. The lowest BCUT2D eigenvalue weighted by atomic mass is 10.1. The number of hydrogen-bond acceptors (Lipinski definition) is 3. The molecule has 1 N–H and O–H groups in total. The van der Waals surface area contributed by atoms with E-state index in [9.17, 15) is 9.90 Å². The van der Waals surface area contributed by atoms with Crippen molar-refractivity contribution in [2.75, 3.05) is 32.7 Å². The van der Waals surface area contributed by atoms with Crippen LogP contribution < -0.4 is 0 Å². The average molecular weight is 336 g/mol. The minimum absolute atomic E-state index is 0.0827. The quantitative estimate of drug-likeness (QED) is 0.933. The van der Waals surface area contributed by atoms with E-state index in [0.29, 0.717) is 18.7 Å². The van der Waals surface area contributed by atoms with Gasteiger partial charge >= 0.3 is 0 Å². The van der Waals surface area contributed by atoms with Crippen LogP contribution in [-0.4, -0.2) is 53.5 Å². The SMILES string of the molecule is Cc1cccc(C(=O)N2CCN(C/C=C/c3ccccc3)CC2)c1O. The Balaban J connectivity index is 1.52. The number of carbonyl (C=O) groups is 1. The molecule has 2 aromatic rings. The Morgan fingerprint density at radius 2 is 1.76 bits per heavy atom. The van der Waals surface area contributed by atoms with E-state index in [-0.39, 0.29) is 11.7 Å². The molecule has 0 atom stereocenters. The van der Waals surface area contributed by atoms with Crippen molar-refractivity contribution in [2.24, 2.45) is 0 Å². The van der Waals surface area contributed by atoms with Gasteiger partial charge in [-0.2, -0.15) is 0 Å². The first-order valence-electron chi connectivity index (χ1n) is 8.67. The van der Waals surface area contributed by atoms with Gasteiger partial charge in [-0.15, -0.1) is 0 Å². The number of piperazine rings is 1. The summed E-state index contributed by atoms with van der Waals surface area (Å²) in [6.07, 6.45) is 4.29. The van der Waals surface area contributed by atoms with E-state index in [1.54, 1.807) is 6.07 Å². The largest absolute Gasteiger partial charge is 0.507 e. The van der Waals surface area contributed by atoms with Crippen molar-refractivity contribution in [1.82, 2.24) is 9.80 Å². The minimum Gasteiger partial charge on any atom is -0.507 e. The Morgan fingerprint density at radius 3 is 2.48 bits per heavy atom. The van der Waals surface area contributed by atoms with Crippen molar-refractivity contribution in [3.8, 4) is 5.75 Å². The molecule has 130 valence electrons. The monoisotopic (exact) mass is 336 g/mol. The van der Waals surface area contributed by atoms with Gasteiger partial charge in [0.25, 0.3) is 5.91 Å². The van der Waals surface area contributed by atoms with Crippen molar-refractivity contribution >= 4 is 12.0 Å². The van der Waals surface area contributed by atoms with Gasteiger partial charge < -0.3 is 10.0 Å². The fraction of sp³-hybridized carbons (Fsp3) is 0.286. The van der Waals surface area contributed by atoms with Crippen molar-refractivity contribution in [1.29, 1.82) is 0 Å². The first-order chi connectivity index (χ1) is 12.1. The summed E-state index contributed by atoms with van der Waals surface area (Å²) in [5, 5.41) is 10.1. The molecule has 4 nitrogen and oxygen atoms in total. The molecular formula is C21H24N2O2. The van der Waals surface area contributed by atoms with Crippen molar-refractivity contribution in [3.05, 3.63) is 71.3 Å². The third-order valence-electron chi connectivity index (χ3n) is 4.60. The molecule has 1 amide bonds. The lowest BCUT2D eigenvalue weighted by molar-refractivity contribution is 0.0647. The molecule has 1 aliphatic heterocycles. The highest BCUT2D eigenvalue weighted by atomic mass is 16.3. The summed E-state index contributed by atoms with van der Waals surface area (Å²) in [7, 11) is 0. The van der Waals surface area contributed by atoms with Gasteiger partial charge in [0.05, 0.1) is 5.56 Å². The third kappa shape index (κ3) is 4.28. The van der Waals surface area contributed by atoms with Crippen molar-refractivity contribution < 1.29 is 9.90 Å². The van der Waals surface area contributed by atoms with Crippen LogP contribution in [0.3, 0.4) is 0 Å². The smallest absolute Gasteiger partial charge is 0.257 e. The number of phenolic OH excluding ortho intramolecular Hbond substituents is 1. The summed E-state index contributed by atoms with van der Waals surface area (Å²) < 4.78 is 0. The van der Waals surface area contributed by atoms with Gasteiger partial charge in [-0.3, -0.25) is 9.69 Å². The van der Waals surface area contributed by atoms with Gasteiger partial charge in [-0.05, 0) is 24.1 Å². The summed E-state index contributed by atoms with van der Waals surface area (Å²) in [4.78, 5) is 16.8. The molecule has 1 saturated heterocycles. The molecule has 4 heteroatoms. The molecule has 1 heterocycles. The van der Waals surface area contributed by atoms with E-state index in [4.69, 9.17) is 0 Å². The van der Waals surface area contributed by atoms with Crippen LogP contribution in [0.25, 0.3) is 6.08 Å². The zero-order valence-electron chi connectivity index (χ0n) is 14.6. The topological polar surface area (TPSA) is 43.8 Å². The number of nitrogens with zero attached hydrogens (tertiary/aromatic N) is 2. The third-order valence-corrected chi connectivity index (χ3v) is 4.60. The Kier molecular flexibility index (Phi) is 5.51. The normalized spacial score (nSPS) is 15.6. The van der Waals surface area contributed by atoms with Gasteiger partial charge in [-0.1, -0.05) is 54.6 Å². The molecule has 0 saturated carbocycles. The zero-order valence-corrected chi connectivity index (χ0v) is 14.6. The second kappa shape index (κ2) is 7.99. The summed E-state index contributed by atoms with van der Waals surface area (Å²) >= 11 is 0. The number of para-hydroxylation sites is 1. The van der Waals surface area contributed by atoms with Crippen LogP contribution in [0.2, 0.25) is 0 Å². The molecule has 0 spiro atoms. The number of carbonyl (C=O) groups excluding carboxylic acids is 1. The predicted octanol–water partition coefficient (Wildman–Crippen LogP) is 3.17. The van der Waals surface area contributed by atoms with Crippen molar-refractivity contribution in [3.63, 3.8) is 0 Å². The molecule has 1 aliphatic rings. The van der Waals surface area contributed by atoms with E-state index in [2.05, 4.69) is 29.2 Å². The van der Waals surface area contributed by atoms with Crippen LogP contribution in [0.5, 0.6) is 5.75 Å². The molecule has 1 fully saturated rings. The molecule has 0 aromatic heterocycles. The molecular weight excluding hydrogens is 312 g/mol. The highest BCUT2D eigenvalue weighted by molar-refractivity contribution is 5.97. The van der Waals surface area contributed by atoms with Gasteiger partial charge in [0.2, 0.25) is 0 Å². The van der Waals surface area contributed by atoms with E-state index < -0.39 is 0 Å². The summed E-state index contributed by atoms with van der Waals surface area (Å²) in [5.74, 6) is 0.0152. The number of phenols is 1. The van der Waals surface area contributed by atoms with E-state index in [1.807, 2.05) is 42.2 Å². The summed E-state index contributed by atoms with van der Waals surface area (Å²) in [6.45, 7) is 5.75. The van der Waals surface area contributed by atoms with Crippen LogP contribution in [0.4, 0.5) is 0 Å². The maximum atomic E-state index is 12.6. The standard InChI is InChI=1S/C21H24N2O2/c1-17-7-5-11-19(20(17)24)21(25)23-15-13-22(14-16-23)12-6-10-18-8-3-2-4-9-18/h2-11,24H,12-16H2,1H3/b10-6+. The molecule has 25 heavy (non-hydrogen) atoms. The van der Waals surface area contributed by atoms with Crippen molar-refractivity contribution in [2.45, 2.75) is 6.92 Å². The first kappa shape index (κ1) is 17.2. The molecule has 0 unspecified atom stereocenters. The number of aromatic hydroxyl groups is 1. The van der Waals surface area contributed by atoms with E-state index >= 15 is 0 Å². The average Bonchev–Trinajstić information content (AvgIpc) is 2.65. The lowest BCUT2D eigenvalue weighted by Crippen LogP contribution is -2.48. The molecule has 2 aromatic carbocycles. The van der Waals surface area contributed by atoms with Gasteiger partial charge in [-0.25, -0.2) is 0 Å². The fourth-order valence-corrected chi connectivity index (χ4v) is 3.04. The number of amides is 1. The summed E-state index contributed by atoms with van der Waals surface area (Å²) in [6, 6.07) is 15.6. The second-order valence-corrected chi connectivity index (χ2v) is 6.38. The Morgan fingerprint density at radius 1 is 1.04 bits per heavy atom. The van der Waals surface area contributed by atoms with Gasteiger partial charge in [0.15, 0.2) is 0 Å². The molecule has 3 rings (SSSR count). The highest BCUT2D eigenvalue weighted by Gasteiger charge is 2.23. The number of hydrogen-bond donors (Lipinski definition) is 1. The predicted molar refractivity (Wildman–Crippen MR) is 101 cm³/mol. The molecule has 0 radical (unpaired) electrons. The first-order valence-corrected chi connectivity index (χ1v) is 8.67. The number of aryl methyl sites for hydroxylation is 1. The Labute approximate surface area is 149 Å². The van der Waals surface area contributed by atoms with Gasteiger partial charge in [0, 0.05) is 32.7 Å².